The van der Waals surface area contributed by atoms with Gasteiger partial charge in [0.1, 0.15) is 5.56 Å². The predicted molar refractivity (Wildman–Crippen MR) is 104 cm³/mol. The van der Waals surface area contributed by atoms with Gasteiger partial charge < -0.3 is 10.1 Å². The van der Waals surface area contributed by atoms with Gasteiger partial charge in [-0.3, -0.25) is 0 Å². The first-order valence-corrected chi connectivity index (χ1v) is 8.81. The zero-order valence-electron chi connectivity index (χ0n) is 16.2. The van der Waals surface area contributed by atoms with Crippen molar-refractivity contribution >= 4 is 17.5 Å². The lowest BCUT2D eigenvalue weighted by Crippen LogP contribution is -2.13. The summed E-state index contributed by atoms with van der Waals surface area (Å²) in [6.07, 6.45) is 1.47. The van der Waals surface area contributed by atoms with E-state index in [1.807, 2.05) is 45.0 Å². The van der Waals surface area contributed by atoms with Crippen molar-refractivity contribution in [1.82, 2.24) is 19.7 Å². The number of aryl methyl sites for hydroxylation is 4. The number of ether oxygens (including phenoxy) is 1. The maximum Gasteiger partial charge on any atom is 0.343 e. The first-order chi connectivity index (χ1) is 12.9. The Morgan fingerprint density at radius 2 is 1.93 bits per heavy atom. The highest BCUT2D eigenvalue weighted by Gasteiger charge is 2.18. The Bertz CT molecular complexity index is 994. The fourth-order valence-electron chi connectivity index (χ4n) is 2.72. The first-order valence-electron chi connectivity index (χ1n) is 8.81. The Labute approximate surface area is 158 Å². The van der Waals surface area contributed by atoms with Crippen LogP contribution >= 0.6 is 0 Å². The first kappa shape index (κ1) is 18.6. The van der Waals surface area contributed by atoms with Gasteiger partial charge in [0.2, 0.25) is 0 Å². The number of hydrogen-bond acceptors (Lipinski definition) is 6. The van der Waals surface area contributed by atoms with Crippen LogP contribution in [0.5, 0.6) is 0 Å². The number of nitrogens with one attached hydrogen (secondary N) is 1. The lowest BCUT2D eigenvalue weighted by Gasteiger charge is -2.13. The average Bonchev–Trinajstić information content (AvgIpc) is 2.96. The number of benzene rings is 1. The molecule has 0 spiro atoms. The van der Waals surface area contributed by atoms with Crippen LogP contribution in [-0.4, -0.2) is 32.3 Å². The summed E-state index contributed by atoms with van der Waals surface area (Å²) in [6.45, 7) is 9.97. The summed E-state index contributed by atoms with van der Waals surface area (Å²) in [5.74, 6) is 0.304. The molecule has 7 nitrogen and oxygen atoms in total. The summed E-state index contributed by atoms with van der Waals surface area (Å²) < 4.78 is 6.79. The average molecular weight is 365 g/mol. The van der Waals surface area contributed by atoms with Crippen LogP contribution in [0.3, 0.4) is 0 Å². The highest BCUT2D eigenvalue weighted by atomic mass is 16.5. The molecule has 0 aliphatic rings. The van der Waals surface area contributed by atoms with Crippen molar-refractivity contribution in [3.63, 3.8) is 0 Å². The summed E-state index contributed by atoms with van der Waals surface area (Å²) >= 11 is 0. The second-order valence-corrected chi connectivity index (χ2v) is 6.42. The van der Waals surface area contributed by atoms with Gasteiger partial charge in [0.25, 0.3) is 5.95 Å². The van der Waals surface area contributed by atoms with Crippen molar-refractivity contribution in [2.45, 2.75) is 34.6 Å². The number of esters is 1. The van der Waals surface area contributed by atoms with Crippen LogP contribution in [-0.2, 0) is 4.74 Å². The maximum atomic E-state index is 12.3. The standard InChI is InChI=1S/C20H23N5O2/c1-6-27-19(26)17-11-21-20(25-15(5)10-14(4)24-25)23-18(17)22-16-8-7-12(2)13(3)9-16/h7-11H,6H2,1-5H3,(H,21,22,23). The van der Waals surface area contributed by atoms with E-state index in [0.29, 0.717) is 11.8 Å². The molecule has 0 amide bonds. The Hall–Kier alpha value is -3.22. The number of hydrogen-bond donors (Lipinski definition) is 1. The van der Waals surface area contributed by atoms with E-state index in [9.17, 15) is 4.79 Å². The quantitative estimate of drug-likeness (QED) is 0.692. The summed E-state index contributed by atoms with van der Waals surface area (Å²) in [7, 11) is 0. The number of nitrogens with zero attached hydrogens (tertiary/aromatic N) is 4. The van der Waals surface area contributed by atoms with Gasteiger partial charge in [-0.25, -0.2) is 14.5 Å². The number of aromatic nitrogens is 4. The molecule has 0 saturated heterocycles. The number of carbonyl (C=O) groups excluding carboxylic acids is 1. The highest BCUT2D eigenvalue weighted by Crippen LogP contribution is 2.23. The van der Waals surface area contributed by atoms with Gasteiger partial charge in [0.15, 0.2) is 5.82 Å². The Morgan fingerprint density at radius 3 is 2.56 bits per heavy atom. The van der Waals surface area contributed by atoms with Crippen molar-refractivity contribution in [3.8, 4) is 5.95 Å². The number of anilines is 2. The molecule has 0 bridgehead atoms. The molecule has 0 unspecified atom stereocenters. The molecule has 0 aliphatic heterocycles. The third-order valence-electron chi connectivity index (χ3n) is 4.24. The molecule has 1 aromatic carbocycles. The number of carbonyl (C=O) groups is 1. The molecule has 2 heterocycles. The van der Waals surface area contributed by atoms with Crippen LogP contribution in [0.15, 0.2) is 30.5 Å². The molecule has 140 valence electrons. The third kappa shape index (κ3) is 3.97. The van der Waals surface area contributed by atoms with Crippen molar-refractivity contribution in [2.75, 3.05) is 11.9 Å². The Balaban J connectivity index is 2.06. The van der Waals surface area contributed by atoms with E-state index in [0.717, 1.165) is 22.6 Å². The smallest absolute Gasteiger partial charge is 0.343 e. The van der Waals surface area contributed by atoms with E-state index >= 15 is 0 Å². The molecule has 7 heteroatoms. The monoisotopic (exact) mass is 365 g/mol. The Kier molecular flexibility index (Phi) is 5.21. The molecular formula is C20H23N5O2. The minimum atomic E-state index is -0.469. The van der Waals surface area contributed by atoms with Gasteiger partial charge in [-0.15, -0.1) is 0 Å². The van der Waals surface area contributed by atoms with Crippen molar-refractivity contribution in [3.05, 3.63) is 58.5 Å². The van der Waals surface area contributed by atoms with Crippen LogP contribution in [0, 0.1) is 27.7 Å². The van der Waals surface area contributed by atoms with E-state index in [2.05, 4.69) is 27.3 Å². The molecule has 0 aliphatic carbocycles. The summed E-state index contributed by atoms with van der Waals surface area (Å²) in [6, 6.07) is 7.92. The SMILES string of the molecule is CCOC(=O)c1cnc(-n2nc(C)cc2C)nc1Nc1ccc(C)c(C)c1. The summed E-state index contributed by atoms with van der Waals surface area (Å²) in [5, 5.41) is 7.64. The minimum absolute atomic E-state index is 0.278. The van der Waals surface area contributed by atoms with Gasteiger partial charge in [-0.1, -0.05) is 6.07 Å². The van der Waals surface area contributed by atoms with Gasteiger partial charge >= 0.3 is 5.97 Å². The minimum Gasteiger partial charge on any atom is -0.462 e. The van der Waals surface area contributed by atoms with Crippen molar-refractivity contribution in [1.29, 1.82) is 0 Å². The lowest BCUT2D eigenvalue weighted by atomic mass is 10.1. The molecule has 0 fully saturated rings. The normalized spacial score (nSPS) is 10.7. The van der Waals surface area contributed by atoms with Crippen LogP contribution in [0.1, 0.15) is 39.8 Å². The van der Waals surface area contributed by atoms with E-state index in [1.54, 1.807) is 11.6 Å². The fourth-order valence-corrected chi connectivity index (χ4v) is 2.72. The molecule has 27 heavy (non-hydrogen) atoms. The van der Waals surface area contributed by atoms with E-state index in [4.69, 9.17) is 4.74 Å². The zero-order valence-corrected chi connectivity index (χ0v) is 16.2. The molecule has 0 saturated carbocycles. The van der Waals surface area contributed by atoms with Crippen molar-refractivity contribution < 1.29 is 9.53 Å². The van der Waals surface area contributed by atoms with Gasteiger partial charge in [0, 0.05) is 17.6 Å². The zero-order chi connectivity index (χ0) is 19.6. The Morgan fingerprint density at radius 1 is 1.15 bits per heavy atom. The second-order valence-electron chi connectivity index (χ2n) is 6.42. The molecule has 3 rings (SSSR count). The second kappa shape index (κ2) is 7.57. The van der Waals surface area contributed by atoms with E-state index in [-0.39, 0.29) is 12.2 Å². The lowest BCUT2D eigenvalue weighted by molar-refractivity contribution is 0.0526. The van der Waals surface area contributed by atoms with E-state index in [1.165, 1.54) is 11.8 Å². The van der Waals surface area contributed by atoms with Gasteiger partial charge in [0.05, 0.1) is 12.3 Å². The summed E-state index contributed by atoms with van der Waals surface area (Å²) in [4.78, 5) is 21.2. The largest absolute Gasteiger partial charge is 0.462 e. The highest BCUT2D eigenvalue weighted by molar-refractivity contribution is 5.95. The molecular weight excluding hydrogens is 342 g/mol. The van der Waals surface area contributed by atoms with Crippen LogP contribution in [0.2, 0.25) is 0 Å². The van der Waals surface area contributed by atoms with Crippen LogP contribution in [0.4, 0.5) is 11.5 Å². The maximum absolute atomic E-state index is 12.3. The van der Waals surface area contributed by atoms with Gasteiger partial charge in [-0.05, 0) is 63.9 Å². The third-order valence-corrected chi connectivity index (χ3v) is 4.24. The summed E-state index contributed by atoms with van der Waals surface area (Å²) in [5.41, 5.74) is 5.23. The predicted octanol–water partition coefficient (Wildman–Crippen LogP) is 3.82. The molecule has 0 radical (unpaired) electrons. The fraction of sp³-hybridized carbons (Fsp3) is 0.300. The molecule has 3 aromatic rings. The molecule has 2 aromatic heterocycles. The molecule has 0 atom stereocenters. The van der Waals surface area contributed by atoms with E-state index < -0.39 is 5.97 Å². The van der Waals surface area contributed by atoms with Crippen LogP contribution in [0.25, 0.3) is 5.95 Å². The van der Waals surface area contributed by atoms with Gasteiger partial charge in [-0.2, -0.15) is 10.1 Å². The van der Waals surface area contributed by atoms with Crippen LogP contribution < -0.4 is 5.32 Å². The topological polar surface area (TPSA) is 81.9 Å². The van der Waals surface area contributed by atoms with Crippen molar-refractivity contribution in [2.24, 2.45) is 0 Å². The number of rotatable bonds is 5. The molecule has 1 N–H and O–H groups in total.